The highest BCUT2D eigenvalue weighted by Gasteiger charge is 2.47. The zero-order chi connectivity index (χ0) is 40.8. The lowest BCUT2D eigenvalue weighted by atomic mass is 9.74. The van der Waals surface area contributed by atoms with Gasteiger partial charge in [0.2, 0.25) is 0 Å². The summed E-state index contributed by atoms with van der Waals surface area (Å²) in [7, 11) is 0. The Balaban J connectivity index is 0.000000802. The second-order valence-corrected chi connectivity index (χ2v) is 14.8. The normalized spacial score (nSPS) is 16.2. The van der Waals surface area contributed by atoms with E-state index in [0.717, 1.165) is 28.6 Å². The molecule has 7 aromatic rings. The summed E-state index contributed by atoms with van der Waals surface area (Å²) in [5, 5.41) is 2.51. The van der Waals surface area contributed by atoms with E-state index in [1.807, 2.05) is 41.5 Å². The topological polar surface area (TPSA) is 18.5 Å². The fraction of sp³-hybridized carbons (Fsp3) is 0.228. The molecule has 0 bridgehead atoms. The van der Waals surface area contributed by atoms with E-state index in [9.17, 15) is 0 Å². The molecule has 2 nitrogen and oxygen atoms in total. The van der Waals surface area contributed by atoms with E-state index in [4.69, 9.17) is 9.47 Å². The van der Waals surface area contributed by atoms with Crippen LogP contribution in [0.2, 0.25) is 0 Å². The van der Waals surface area contributed by atoms with Crippen molar-refractivity contribution in [2.24, 2.45) is 5.92 Å². The van der Waals surface area contributed by atoms with E-state index in [-0.39, 0.29) is 24.7 Å². The van der Waals surface area contributed by atoms with E-state index in [2.05, 4.69) is 190 Å². The molecule has 3 aliphatic rings. The van der Waals surface area contributed by atoms with Gasteiger partial charge in [-0.1, -0.05) is 221 Å². The summed E-state index contributed by atoms with van der Waals surface area (Å²) in [5.74, 6) is 3.79. The van der Waals surface area contributed by atoms with Crippen LogP contribution in [0.5, 0.6) is 23.0 Å². The van der Waals surface area contributed by atoms with Crippen LogP contribution in [0.1, 0.15) is 102 Å². The molecule has 0 amide bonds. The van der Waals surface area contributed by atoms with Gasteiger partial charge < -0.3 is 9.47 Å². The minimum Gasteiger partial charge on any atom is -0.449 e. The Morgan fingerprint density at radius 1 is 0.492 bits per heavy atom. The van der Waals surface area contributed by atoms with Gasteiger partial charge in [0, 0.05) is 17.4 Å². The Morgan fingerprint density at radius 2 is 1.12 bits per heavy atom. The van der Waals surface area contributed by atoms with Crippen LogP contribution in [0.3, 0.4) is 0 Å². The average molecular weight is 777 g/mol. The molecule has 10 rings (SSSR count). The molecule has 0 radical (unpaired) electrons. The van der Waals surface area contributed by atoms with Gasteiger partial charge in [-0.25, -0.2) is 0 Å². The highest BCUT2D eigenvalue weighted by atomic mass is 16.6. The fourth-order valence-corrected chi connectivity index (χ4v) is 9.11. The second-order valence-electron chi connectivity index (χ2n) is 14.8. The number of rotatable bonds is 5. The first kappa shape index (κ1) is 42.5. The molecule has 3 unspecified atom stereocenters. The van der Waals surface area contributed by atoms with Crippen molar-refractivity contribution in [3.63, 3.8) is 0 Å². The second kappa shape index (κ2) is 18.6. The van der Waals surface area contributed by atoms with Gasteiger partial charge in [0.25, 0.3) is 0 Å². The first-order valence-corrected chi connectivity index (χ1v) is 21.3. The first-order valence-electron chi connectivity index (χ1n) is 21.3. The van der Waals surface area contributed by atoms with Gasteiger partial charge in [-0.05, 0) is 84.8 Å². The van der Waals surface area contributed by atoms with Crippen LogP contribution >= 0.6 is 0 Å². The van der Waals surface area contributed by atoms with Crippen LogP contribution in [-0.4, -0.2) is 0 Å². The molecule has 2 aliphatic carbocycles. The number of hydrogen-bond donors (Lipinski definition) is 0. The van der Waals surface area contributed by atoms with Gasteiger partial charge in [0.15, 0.2) is 23.0 Å². The van der Waals surface area contributed by atoms with Crippen LogP contribution in [0, 0.1) is 5.92 Å². The lowest BCUT2D eigenvalue weighted by Gasteiger charge is -2.29. The van der Waals surface area contributed by atoms with Crippen LogP contribution in [0.4, 0.5) is 0 Å². The highest BCUT2D eigenvalue weighted by molar-refractivity contribution is 5.99. The Kier molecular flexibility index (Phi) is 13.4. The maximum Gasteiger partial charge on any atom is 0.174 e. The highest BCUT2D eigenvalue weighted by Crippen LogP contribution is 2.60. The van der Waals surface area contributed by atoms with E-state index in [0.29, 0.717) is 5.92 Å². The smallest absolute Gasteiger partial charge is 0.174 e. The monoisotopic (exact) mass is 776 g/mol. The third-order valence-corrected chi connectivity index (χ3v) is 11.6. The number of benzene rings is 7. The number of fused-ring (bicyclic) bond motifs is 7. The molecular formula is C57H60O2. The van der Waals surface area contributed by atoms with Gasteiger partial charge in [-0.3, -0.25) is 0 Å². The Labute approximate surface area is 353 Å². The molecule has 2 heteroatoms. The third-order valence-electron chi connectivity index (χ3n) is 11.6. The molecule has 0 N–H and O–H groups in total. The number of allylic oxidation sites excluding steroid dienone is 4. The van der Waals surface area contributed by atoms with Crippen LogP contribution < -0.4 is 9.47 Å². The summed E-state index contributed by atoms with van der Waals surface area (Å²) in [6.07, 6.45) is 9.01. The standard InChI is InChI=1S/C50H38O2.3C2H6.CH4/c1-50(2)42-24-14-13-23-41(42)48-43(50)28-30-45-49(48)52-44-29-25-34(31-46(44)51-45)35-19-9-12-22-39(35)47(33-17-7-4-8-18-33)40-27-26-36(32-15-5-3-6-16-32)37-20-10-11-21-38(37)40;3*1-2;/h3-31,41-42,47H,1-2H3;3*1-2H3;1H4. The van der Waals surface area contributed by atoms with E-state index in [1.165, 1.54) is 55.3 Å². The summed E-state index contributed by atoms with van der Waals surface area (Å²) in [6, 6.07) is 54.6. The molecule has 7 aromatic carbocycles. The summed E-state index contributed by atoms with van der Waals surface area (Å²) in [6.45, 7) is 16.7. The molecule has 1 aliphatic heterocycles. The summed E-state index contributed by atoms with van der Waals surface area (Å²) in [4.78, 5) is 0. The third kappa shape index (κ3) is 7.65. The van der Waals surface area contributed by atoms with Crippen molar-refractivity contribution in [2.45, 2.75) is 80.1 Å². The van der Waals surface area contributed by atoms with Crippen molar-refractivity contribution in [3.8, 4) is 45.3 Å². The van der Waals surface area contributed by atoms with Crippen LogP contribution in [0.25, 0.3) is 33.0 Å². The summed E-state index contributed by atoms with van der Waals surface area (Å²) in [5.41, 5.74) is 11.1. The maximum absolute atomic E-state index is 6.78. The predicted molar refractivity (Wildman–Crippen MR) is 254 cm³/mol. The van der Waals surface area contributed by atoms with Crippen LogP contribution in [0.15, 0.2) is 176 Å². The van der Waals surface area contributed by atoms with Gasteiger partial charge in [-0.15, -0.1) is 0 Å². The molecule has 0 saturated heterocycles. The van der Waals surface area contributed by atoms with Crippen molar-refractivity contribution < 1.29 is 9.47 Å². The molecule has 1 heterocycles. The van der Waals surface area contributed by atoms with Crippen molar-refractivity contribution in [2.75, 3.05) is 0 Å². The van der Waals surface area contributed by atoms with Gasteiger partial charge in [0.05, 0.1) is 0 Å². The fourth-order valence-electron chi connectivity index (χ4n) is 9.11. The van der Waals surface area contributed by atoms with Crippen LogP contribution in [-0.2, 0) is 5.41 Å². The Hall–Kier alpha value is -6.12. The van der Waals surface area contributed by atoms with Crippen molar-refractivity contribution in [3.05, 3.63) is 204 Å². The minimum absolute atomic E-state index is 0. The molecule has 300 valence electrons. The molecule has 59 heavy (non-hydrogen) atoms. The molecule has 0 fully saturated rings. The zero-order valence-electron chi connectivity index (χ0n) is 35.3. The molecule has 0 saturated carbocycles. The number of ether oxygens (including phenoxy) is 2. The predicted octanol–water partition coefficient (Wildman–Crippen LogP) is 17.1. The molecule has 3 atom stereocenters. The summed E-state index contributed by atoms with van der Waals surface area (Å²) >= 11 is 0. The molecule has 0 spiro atoms. The van der Waals surface area contributed by atoms with Crippen molar-refractivity contribution in [1.82, 2.24) is 0 Å². The van der Waals surface area contributed by atoms with E-state index in [1.54, 1.807) is 0 Å². The largest absolute Gasteiger partial charge is 0.449 e. The van der Waals surface area contributed by atoms with Gasteiger partial charge in [-0.2, -0.15) is 0 Å². The van der Waals surface area contributed by atoms with Gasteiger partial charge in [0.1, 0.15) is 0 Å². The Morgan fingerprint density at radius 3 is 1.86 bits per heavy atom. The van der Waals surface area contributed by atoms with E-state index >= 15 is 0 Å². The molecule has 0 aromatic heterocycles. The Bertz CT molecular complexity index is 2560. The lowest BCUT2D eigenvalue weighted by Crippen LogP contribution is -2.24. The first-order chi connectivity index (χ1) is 28.6. The lowest BCUT2D eigenvalue weighted by molar-refractivity contribution is 0.354. The maximum atomic E-state index is 6.78. The number of hydrogen-bond acceptors (Lipinski definition) is 2. The minimum atomic E-state index is -0.00228. The van der Waals surface area contributed by atoms with Crippen molar-refractivity contribution in [1.29, 1.82) is 0 Å². The average Bonchev–Trinajstić information content (AvgIpc) is 3.54. The van der Waals surface area contributed by atoms with Gasteiger partial charge >= 0.3 is 0 Å². The molecular weight excluding hydrogens is 717 g/mol. The van der Waals surface area contributed by atoms with Crippen molar-refractivity contribution >= 4 is 10.8 Å². The summed E-state index contributed by atoms with van der Waals surface area (Å²) < 4.78 is 13.5. The van der Waals surface area contributed by atoms with E-state index < -0.39 is 0 Å². The SMILES string of the molecule is C.CC.CC.CC.CC1(C)c2ccc3c(c2C2C=CC=CC21)Oc1ccc(-c2ccccc2C(c2ccccc2)c2ccc(-c4ccccc4)c4ccccc24)cc1O3. The quantitative estimate of drug-likeness (QED) is 0.162. The zero-order valence-corrected chi connectivity index (χ0v) is 35.3.